The molecule has 0 aromatic carbocycles. The van der Waals surface area contributed by atoms with Gasteiger partial charge in [0.15, 0.2) is 5.54 Å². The zero-order chi connectivity index (χ0) is 10.2. The predicted octanol–water partition coefficient (Wildman–Crippen LogP) is -2.41. The molecule has 0 spiro atoms. The van der Waals surface area contributed by atoms with E-state index in [-0.39, 0.29) is 29.6 Å². The quantitative estimate of drug-likeness (QED) is 0.394. The molecule has 14 heavy (non-hydrogen) atoms. The maximum atomic E-state index is 11.5. The van der Waals surface area contributed by atoms with Gasteiger partial charge in [0, 0.05) is 14.1 Å². The van der Waals surface area contributed by atoms with Gasteiger partial charge in [0.1, 0.15) is 0 Å². The van der Waals surface area contributed by atoms with Crippen LogP contribution in [0.15, 0.2) is 0 Å². The Morgan fingerprint density at radius 3 is 1.79 bits per heavy atom. The third-order valence-electron chi connectivity index (χ3n) is 2.44. The first-order valence-electron chi connectivity index (χ1n) is 3.79. The zero-order valence-electron chi connectivity index (χ0n) is 7.52. The molecule has 0 bridgehead atoms. The van der Waals surface area contributed by atoms with Crippen LogP contribution in [0.3, 0.4) is 0 Å². The van der Waals surface area contributed by atoms with Gasteiger partial charge in [0.25, 0.3) is 5.91 Å². The average molecular weight is 212 g/mol. The fraction of sp³-hybridized carbons (Fsp3) is 0.714. The molecule has 0 aromatic heterocycles. The van der Waals surface area contributed by atoms with Crippen LogP contribution in [0.5, 0.6) is 0 Å². The van der Waals surface area contributed by atoms with Crippen LogP contribution in [0, 0.1) is 0 Å². The Morgan fingerprint density at radius 2 is 1.64 bits per heavy atom. The summed E-state index contributed by atoms with van der Waals surface area (Å²) in [5.41, 5.74) is -1.48. The summed E-state index contributed by atoms with van der Waals surface area (Å²) in [5, 5.41) is 18.0. The summed E-state index contributed by atoms with van der Waals surface area (Å²) in [6.07, 6.45) is 0. The Morgan fingerprint density at radius 1 is 1.21 bits per heavy atom. The van der Waals surface area contributed by atoms with Crippen molar-refractivity contribution in [2.75, 3.05) is 27.3 Å². The number of aliphatic hydroxyl groups excluding tert-OH is 2. The summed E-state index contributed by atoms with van der Waals surface area (Å²) < 4.78 is 0. The Kier molecular flexibility index (Phi) is 4.54. The van der Waals surface area contributed by atoms with Crippen molar-refractivity contribution in [3.63, 3.8) is 0 Å². The average Bonchev–Trinajstić information content (AvgIpc) is 2.31. The molecule has 0 unspecified atom stereocenters. The van der Waals surface area contributed by atoms with Gasteiger partial charge in [-0.1, -0.05) is 0 Å². The normalized spacial score (nSPS) is 20.0. The van der Waals surface area contributed by atoms with Crippen molar-refractivity contribution in [1.82, 2.24) is 9.80 Å². The molecule has 1 rings (SSSR count). The van der Waals surface area contributed by atoms with Crippen molar-refractivity contribution >= 4 is 41.5 Å². The van der Waals surface area contributed by atoms with Gasteiger partial charge in [-0.05, 0) is 0 Å². The number of hydrogen-bond donors (Lipinski definition) is 2. The van der Waals surface area contributed by atoms with E-state index in [1.165, 1.54) is 14.1 Å². The first-order valence-corrected chi connectivity index (χ1v) is 3.79. The van der Waals surface area contributed by atoms with E-state index < -0.39 is 30.7 Å². The number of aliphatic hydroxyl groups is 2. The molecule has 0 saturated carbocycles. The van der Waals surface area contributed by atoms with Crippen molar-refractivity contribution in [2.24, 2.45) is 0 Å². The molecule has 1 aliphatic heterocycles. The zero-order valence-corrected chi connectivity index (χ0v) is 7.52. The van der Waals surface area contributed by atoms with Crippen LogP contribution >= 0.6 is 0 Å². The second-order valence-corrected chi connectivity index (χ2v) is 3.05. The molecule has 0 aliphatic carbocycles. The van der Waals surface area contributed by atoms with Gasteiger partial charge in [-0.25, -0.2) is 4.79 Å². The van der Waals surface area contributed by atoms with E-state index in [1.807, 2.05) is 0 Å². The number of rotatable bonds is 2. The van der Waals surface area contributed by atoms with E-state index in [1.54, 1.807) is 0 Å². The number of carbonyl (C=O) groups excluding carboxylic acids is 2. The van der Waals surface area contributed by atoms with E-state index in [4.69, 9.17) is 10.2 Å². The van der Waals surface area contributed by atoms with Crippen LogP contribution in [0.2, 0.25) is 0 Å². The van der Waals surface area contributed by atoms with Gasteiger partial charge in [0.05, 0.1) is 13.2 Å². The molecule has 1 fully saturated rings. The molecule has 1 aliphatic rings. The van der Waals surface area contributed by atoms with Crippen LogP contribution in [-0.4, -0.2) is 94.4 Å². The molecule has 1 saturated heterocycles. The molecule has 7 heteroatoms. The summed E-state index contributed by atoms with van der Waals surface area (Å²) >= 11 is 0. The van der Waals surface area contributed by atoms with Crippen molar-refractivity contribution in [2.45, 2.75) is 5.54 Å². The first kappa shape index (κ1) is 13.9. The van der Waals surface area contributed by atoms with Gasteiger partial charge >= 0.3 is 35.6 Å². The maximum absolute atomic E-state index is 11.5. The minimum absolute atomic E-state index is 0. The van der Waals surface area contributed by atoms with E-state index in [0.29, 0.717) is 0 Å². The molecule has 2 N–H and O–H groups in total. The van der Waals surface area contributed by atoms with Gasteiger partial charge in [0.2, 0.25) is 0 Å². The van der Waals surface area contributed by atoms with Crippen LogP contribution in [0.25, 0.3) is 0 Å². The predicted molar refractivity (Wildman–Crippen MR) is 50.0 cm³/mol. The molecule has 1 heterocycles. The molecule has 0 atom stereocenters. The Balaban J connectivity index is 0.00000169. The fourth-order valence-corrected chi connectivity index (χ4v) is 1.35. The monoisotopic (exact) mass is 212 g/mol. The van der Waals surface area contributed by atoms with Gasteiger partial charge in [-0.15, -0.1) is 0 Å². The van der Waals surface area contributed by atoms with Gasteiger partial charge in [-0.2, -0.15) is 0 Å². The molecule has 6 nitrogen and oxygen atoms in total. The Bertz CT molecular complexity index is 254. The summed E-state index contributed by atoms with van der Waals surface area (Å²) in [7, 11) is 2.68. The Labute approximate surface area is 104 Å². The SMILES string of the molecule is CN1C(=O)N(C)C(CO)(CO)C1=O.[NaH]. The van der Waals surface area contributed by atoms with Crippen LogP contribution in [0.1, 0.15) is 0 Å². The summed E-state index contributed by atoms with van der Waals surface area (Å²) in [5.74, 6) is -0.579. The molecule has 0 aromatic rings. The molecule has 76 valence electrons. The van der Waals surface area contributed by atoms with Crippen molar-refractivity contribution in [3.8, 4) is 0 Å². The van der Waals surface area contributed by atoms with Gasteiger partial charge in [-0.3, -0.25) is 9.69 Å². The van der Waals surface area contributed by atoms with E-state index in [2.05, 4.69) is 0 Å². The fourth-order valence-electron chi connectivity index (χ4n) is 1.35. The van der Waals surface area contributed by atoms with Crippen molar-refractivity contribution < 1.29 is 19.8 Å². The van der Waals surface area contributed by atoms with E-state index >= 15 is 0 Å². The minimum atomic E-state index is -1.48. The number of hydrogen-bond acceptors (Lipinski definition) is 4. The van der Waals surface area contributed by atoms with E-state index in [9.17, 15) is 9.59 Å². The van der Waals surface area contributed by atoms with E-state index in [0.717, 1.165) is 9.80 Å². The number of urea groups is 1. The number of nitrogens with zero attached hydrogens (tertiary/aromatic N) is 2. The summed E-state index contributed by atoms with van der Waals surface area (Å²) in [6.45, 7) is -1.15. The Hall–Kier alpha value is -0.140. The summed E-state index contributed by atoms with van der Waals surface area (Å²) in [4.78, 5) is 24.6. The first-order chi connectivity index (χ1) is 6.01. The number of imide groups is 1. The number of likely N-dealkylation sites (N-methyl/N-ethyl adjacent to an activating group) is 2. The number of carbonyl (C=O) groups is 2. The third-order valence-corrected chi connectivity index (χ3v) is 2.44. The molecule has 3 amide bonds. The standard InChI is InChI=1S/C7H12N2O4.Na.H/c1-8-5(12)7(3-10,4-11)9(2)6(8)13;;/h10-11H,3-4H2,1-2H3;;. The van der Waals surface area contributed by atoms with Crippen LogP contribution < -0.4 is 0 Å². The topological polar surface area (TPSA) is 81.1 Å². The van der Waals surface area contributed by atoms with Gasteiger partial charge < -0.3 is 15.1 Å². The van der Waals surface area contributed by atoms with Crippen LogP contribution in [-0.2, 0) is 4.79 Å². The molecule has 0 radical (unpaired) electrons. The van der Waals surface area contributed by atoms with Crippen LogP contribution in [0.4, 0.5) is 4.79 Å². The third kappa shape index (κ3) is 1.57. The second kappa shape index (κ2) is 4.59. The number of amides is 3. The molecular weight excluding hydrogens is 199 g/mol. The summed E-state index contributed by atoms with van der Waals surface area (Å²) in [6, 6.07) is -0.520. The molecular formula is C7H13N2NaO4. The second-order valence-electron chi connectivity index (χ2n) is 3.05. The van der Waals surface area contributed by atoms with Crippen molar-refractivity contribution in [1.29, 1.82) is 0 Å². The van der Waals surface area contributed by atoms with Crippen molar-refractivity contribution in [3.05, 3.63) is 0 Å².